The molecule has 1 aliphatic rings. The zero-order valence-corrected chi connectivity index (χ0v) is 12.6. The molecule has 0 unspecified atom stereocenters. The molecular formula is C14H11Cl2N3O2. The second-order valence-electron chi connectivity index (χ2n) is 4.74. The summed E-state index contributed by atoms with van der Waals surface area (Å²) in [5, 5.41) is 0.584. The molecule has 7 heteroatoms. The Balaban J connectivity index is 1.95. The smallest absolute Gasteiger partial charge is 0.299 e. The van der Waals surface area contributed by atoms with Crippen molar-refractivity contribution in [1.29, 1.82) is 0 Å². The van der Waals surface area contributed by atoms with E-state index in [1.807, 2.05) is 17.8 Å². The number of fused-ring (bicyclic) bond motifs is 1. The van der Waals surface area contributed by atoms with Crippen LogP contribution in [0.2, 0.25) is 10.0 Å². The first-order valence-corrected chi connectivity index (χ1v) is 7.06. The molecule has 0 atom stereocenters. The summed E-state index contributed by atoms with van der Waals surface area (Å²) in [6.07, 6.45) is 4.03. The highest BCUT2D eigenvalue weighted by atomic mass is 35.5. The van der Waals surface area contributed by atoms with Gasteiger partial charge >= 0.3 is 0 Å². The third-order valence-electron chi connectivity index (χ3n) is 3.49. The summed E-state index contributed by atoms with van der Waals surface area (Å²) in [7, 11) is 1.87. The number of carbonyl (C=O) groups excluding carboxylic acids is 2. The highest BCUT2D eigenvalue weighted by molar-refractivity contribution is 6.56. The van der Waals surface area contributed by atoms with E-state index in [0.717, 1.165) is 5.82 Å². The maximum Gasteiger partial charge on any atom is 0.299 e. The molecule has 2 heterocycles. The van der Waals surface area contributed by atoms with Gasteiger partial charge in [-0.05, 0) is 12.1 Å². The lowest BCUT2D eigenvalue weighted by atomic mass is 10.1. The van der Waals surface area contributed by atoms with Gasteiger partial charge in [0.05, 0.1) is 21.3 Å². The van der Waals surface area contributed by atoms with E-state index in [4.69, 9.17) is 23.2 Å². The van der Waals surface area contributed by atoms with Crippen LogP contribution >= 0.6 is 23.2 Å². The van der Waals surface area contributed by atoms with E-state index in [1.54, 1.807) is 12.3 Å². The average molecular weight is 324 g/mol. The SMILES string of the molecule is Cn1ccnc1CCN1C(=O)C(=O)c2c(Cl)ccc(Cl)c21. The van der Waals surface area contributed by atoms with E-state index in [1.165, 1.54) is 11.0 Å². The number of anilines is 1. The molecule has 0 saturated carbocycles. The fraction of sp³-hybridized carbons (Fsp3) is 0.214. The van der Waals surface area contributed by atoms with E-state index >= 15 is 0 Å². The molecule has 0 N–H and O–H groups in total. The van der Waals surface area contributed by atoms with Gasteiger partial charge in [0.2, 0.25) is 0 Å². The third kappa shape index (κ3) is 2.22. The van der Waals surface area contributed by atoms with Crippen molar-refractivity contribution in [3.8, 4) is 0 Å². The van der Waals surface area contributed by atoms with Crippen LogP contribution in [0.3, 0.4) is 0 Å². The molecule has 0 fully saturated rings. The average Bonchev–Trinajstić information content (AvgIpc) is 2.97. The standard InChI is InChI=1S/C14H11Cl2N3O2/c1-18-7-5-17-10(18)4-6-19-12-9(16)3-2-8(15)11(12)13(20)14(19)21/h2-3,5,7H,4,6H2,1H3. The molecule has 3 rings (SSSR count). The molecule has 0 aliphatic carbocycles. The number of aryl methyl sites for hydroxylation is 1. The summed E-state index contributed by atoms with van der Waals surface area (Å²) >= 11 is 12.2. The van der Waals surface area contributed by atoms with Gasteiger partial charge in [-0.15, -0.1) is 0 Å². The van der Waals surface area contributed by atoms with Crippen LogP contribution in [0.4, 0.5) is 5.69 Å². The lowest BCUT2D eigenvalue weighted by Gasteiger charge is -2.17. The zero-order chi connectivity index (χ0) is 15.1. The number of hydrogen-bond donors (Lipinski definition) is 0. The topological polar surface area (TPSA) is 55.2 Å². The van der Waals surface area contributed by atoms with E-state index in [2.05, 4.69) is 4.98 Å². The zero-order valence-electron chi connectivity index (χ0n) is 11.1. The monoisotopic (exact) mass is 323 g/mol. The van der Waals surface area contributed by atoms with Crippen molar-refractivity contribution in [2.75, 3.05) is 11.4 Å². The fourth-order valence-corrected chi connectivity index (χ4v) is 2.91. The Hall–Kier alpha value is -1.85. The van der Waals surface area contributed by atoms with Crippen molar-refractivity contribution in [2.45, 2.75) is 6.42 Å². The van der Waals surface area contributed by atoms with Crippen molar-refractivity contribution in [2.24, 2.45) is 7.05 Å². The van der Waals surface area contributed by atoms with Crippen molar-refractivity contribution >= 4 is 40.6 Å². The van der Waals surface area contributed by atoms with Crippen LogP contribution in [0.1, 0.15) is 16.2 Å². The maximum absolute atomic E-state index is 12.1. The van der Waals surface area contributed by atoms with E-state index in [0.29, 0.717) is 23.7 Å². The predicted molar refractivity (Wildman–Crippen MR) is 80.1 cm³/mol. The molecule has 0 bridgehead atoms. The van der Waals surface area contributed by atoms with E-state index < -0.39 is 11.7 Å². The molecule has 21 heavy (non-hydrogen) atoms. The Labute approximate surface area is 131 Å². The first-order valence-electron chi connectivity index (χ1n) is 6.31. The van der Waals surface area contributed by atoms with Crippen molar-refractivity contribution in [3.05, 3.63) is 46.0 Å². The summed E-state index contributed by atoms with van der Waals surface area (Å²) < 4.78 is 1.86. The molecule has 0 saturated heterocycles. The normalized spacial score (nSPS) is 14.0. The Morgan fingerprint density at radius 2 is 1.90 bits per heavy atom. The molecular weight excluding hydrogens is 313 g/mol. The molecule has 1 amide bonds. The van der Waals surface area contributed by atoms with E-state index in [9.17, 15) is 9.59 Å². The van der Waals surface area contributed by atoms with Crippen molar-refractivity contribution < 1.29 is 9.59 Å². The van der Waals surface area contributed by atoms with Crippen LogP contribution in [0.15, 0.2) is 24.5 Å². The van der Waals surface area contributed by atoms with Crippen LogP contribution in [0.5, 0.6) is 0 Å². The number of carbonyl (C=O) groups is 2. The molecule has 0 spiro atoms. The van der Waals surface area contributed by atoms with Gasteiger partial charge in [0.25, 0.3) is 11.7 Å². The number of amides is 1. The summed E-state index contributed by atoms with van der Waals surface area (Å²) in [6.45, 7) is 0.322. The van der Waals surface area contributed by atoms with Gasteiger partial charge in [-0.1, -0.05) is 23.2 Å². The number of rotatable bonds is 3. The lowest BCUT2D eigenvalue weighted by molar-refractivity contribution is -0.114. The third-order valence-corrected chi connectivity index (χ3v) is 4.11. The van der Waals surface area contributed by atoms with Gasteiger partial charge in [-0.3, -0.25) is 9.59 Å². The highest BCUT2D eigenvalue weighted by Gasteiger charge is 2.39. The molecule has 5 nitrogen and oxygen atoms in total. The quantitative estimate of drug-likeness (QED) is 0.815. The van der Waals surface area contributed by atoms with Gasteiger partial charge in [-0.25, -0.2) is 4.98 Å². The fourth-order valence-electron chi connectivity index (χ4n) is 2.41. The van der Waals surface area contributed by atoms with Gasteiger partial charge in [0, 0.05) is 32.4 Å². The Kier molecular flexibility index (Phi) is 3.47. The molecule has 108 valence electrons. The Morgan fingerprint density at radius 3 is 2.57 bits per heavy atom. The number of benzene rings is 1. The van der Waals surface area contributed by atoms with Gasteiger partial charge in [-0.2, -0.15) is 0 Å². The highest BCUT2D eigenvalue weighted by Crippen LogP contribution is 2.39. The number of nitrogens with zero attached hydrogens (tertiary/aromatic N) is 3. The minimum Gasteiger partial charge on any atom is -0.338 e. The van der Waals surface area contributed by atoms with Crippen LogP contribution in [-0.2, 0) is 18.3 Å². The summed E-state index contributed by atoms with van der Waals surface area (Å²) in [5.74, 6) is -0.395. The summed E-state index contributed by atoms with van der Waals surface area (Å²) in [5.41, 5.74) is 0.586. The van der Waals surface area contributed by atoms with Crippen LogP contribution < -0.4 is 4.90 Å². The molecule has 1 aromatic carbocycles. The summed E-state index contributed by atoms with van der Waals surface area (Å²) in [6, 6.07) is 3.11. The number of aromatic nitrogens is 2. The van der Waals surface area contributed by atoms with Gasteiger partial charge in [0.1, 0.15) is 5.82 Å². The van der Waals surface area contributed by atoms with Gasteiger partial charge < -0.3 is 9.47 Å². The maximum atomic E-state index is 12.1. The van der Waals surface area contributed by atoms with E-state index in [-0.39, 0.29) is 10.6 Å². The van der Waals surface area contributed by atoms with Crippen LogP contribution in [0.25, 0.3) is 0 Å². The van der Waals surface area contributed by atoms with Gasteiger partial charge in [0.15, 0.2) is 0 Å². The minimum atomic E-state index is -0.614. The van der Waals surface area contributed by atoms with Crippen LogP contribution in [-0.4, -0.2) is 27.8 Å². The number of imidazole rings is 1. The molecule has 2 aromatic rings. The lowest BCUT2D eigenvalue weighted by Crippen LogP contribution is -2.32. The first-order chi connectivity index (χ1) is 10.0. The molecule has 1 aromatic heterocycles. The number of Topliss-reactive ketones (excluding diaryl/α,β-unsaturated/α-hetero) is 1. The largest absolute Gasteiger partial charge is 0.338 e. The second kappa shape index (κ2) is 5.16. The Morgan fingerprint density at radius 1 is 1.19 bits per heavy atom. The number of ketones is 1. The minimum absolute atomic E-state index is 0.189. The predicted octanol–water partition coefficient (Wildman–Crippen LogP) is 2.50. The van der Waals surface area contributed by atoms with Crippen molar-refractivity contribution in [1.82, 2.24) is 9.55 Å². The molecule has 0 radical (unpaired) electrons. The second-order valence-corrected chi connectivity index (χ2v) is 5.56. The van der Waals surface area contributed by atoms with Crippen molar-refractivity contribution in [3.63, 3.8) is 0 Å². The number of hydrogen-bond acceptors (Lipinski definition) is 3. The molecule has 1 aliphatic heterocycles. The summed E-state index contributed by atoms with van der Waals surface area (Å²) in [4.78, 5) is 29.8. The first kappa shape index (κ1) is 14.1. The number of halogens is 2. The Bertz CT molecular complexity index is 755. The van der Waals surface area contributed by atoms with Crippen LogP contribution in [0, 0.1) is 0 Å².